The third-order valence-corrected chi connectivity index (χ3v) is 3.24. The molecule has 3 nitrogen and oxygen atoms in total. The largest absolute Gasteiger partial charge is 0.388 e. The Labute approximate surface area is 100 Å². The molecule has 1 N–H and O–H groups in total. The molecule has 1 atom stereocenters. The van der Waals surface area contributed by atoms with Crippen molar-refractivity contribution in [1.29, 1.82) is 0 Å². The summed E-state index contributed by atoms with van der Waals surface area (Å²) in [5, 5.41) is 10.5. The van der Waals surface area contributed by atoms with E-state index in [2.05, 4.69) is 4.98 Å². The highest BCUT2D eigenvalue weighted by Crippen LogP contribution is 2.27. The van der Waals surface area contributed by atoms with Crippen LogP contribution in [0.5, 0.6) is 0 Å². The fraction of sp³-hybridized carbons (Fsp3) is 0.583. The van der Waals surface area contributed by atoms with Crippen molar-refractivity contribution in [3.63, 3.8) is 0 Å². The normalized spacial score (nSPS) is 19.6. The van der Waals surface area contributed by atoms with E-state index in [0.717, 1.165) is 38.0 Å². The molecule has 2 rings (SSSR count). The van der Waals surface area contributed by atoms with Gasteiger partial charge in [0.2, 0.25) is 0 Å². The lowest BCUT2D eigenvalue weighted by Gasteiger charge is -2.24. The van der Waals surface area contributed by atoms with Crippen LogP contribution >= 0.6 is 11.6 Å². The minimum Gasteiger partial charge on any atom is -0.388 e. The van der Waals surface area contributed by atoms with Gasteiger partial charge in [0, 0.05) is 19.4 Å². The molecule has 1 unspecified atom stereocenters. The molecule has 1 fully saturated rings. The highest BCUT2D eigenvalue weighted by molar-refractivity contribution is 6.29. The summed E-state index contributed by atoms with van der Waals surface area (Å²) < 4.78 is 5.29. The van der Waals surface area contributed by atoms with E-state index in [9.17, 15) is 5.11 Å². The fourth-order valence-electron chi connectivity index (χ4n) is 2.06. The van der Waals surface area contributed by atoms with Crippen LogP contribution in [0.4, 0.5) is 0 Å². The molecule has 0 bridgehead atoms. The summed E-state index contributed by atoms with van der Waals surface area (Å²) in [7, 11) is 0. The first kappa shape index (κ1) is 11.8. The Morgan fingerprint density at radius 3 is 2.94 bits per heavy atom. The highest BCUT2D eigenvalue weighted by Gasteiger charge is 2.19. The van der Waals surface area contributed by atoms with Crippen LogP contribution in [-0.4, -0.2) is 23.3 Å². The number of hydrogen-bond donors (Lipinski definition) is 1. The van der Waals surface area contributed by atoms with Crippen LogP contribution in [0.1, 0.15) is 30.9 Å². The van der Waals surface area contributed by atoms with Crippen LogP contribution in [0.15, 0.2) is 18.3 Å². The molecule has 0 aliphatic carbocycles. The van der Waals surface area contributed by atoms with Crippen LogP contribution in [0, 0.1) is 5.92 Å². The summed E-state index contributed by atoms with van der Waals surface area (Å²) in [4.78, 5) is 3.90. The predicted octanol–water partition coefficient (Wildman–Crippen LogP) is 2.59. The quantitative estimate of drug-likeness (QED) is 0.828. The lowest BCUT2D eigenvalue weighted by molar-refractivity contribution is 0.0435. The SMILES string of the molecule is OC(CC1CCOCC1)c1ccnc(Cl)c1. The molecule has 4 heteroatoms. The number of rotatable bonds is 3. The maximum atomic E-state index is 10.1. The second-order valence-corrected chi connectivity index (χ2v) is 4.61. The minimum atomic E-state index is -0.441. The van der Waals surface area contributed by atoms with Gasteiger partial charge in [-0.1, -0.05) is 11.6 Å². The molecule has 0 amide bonds. The lowest BCUT2D eigenvalue weighted by atomic mass is 9.91. The van der Waals surface area contributed by atoms with Gasteiger partial charge in [0.1, 0.15) is 5.15 Å². The first-order chi connectivity index (χ1) is 7.75. The van der Waals surface area contributed by atoms with Crippen molar-refractivity contribution in [2.75, 3.05) is 13.2 Å². The van der Waals surface area contributed by atoms with E-state index in [1.54, 1.807) is 12.3 Å². The number of ether oxygens (including phenoxy) is 1. The van der Waals surface area contributed by atoms with E-state index in [1.807, 2.05) is 6.07 Å². The predicted molar refractivity (Wildman–Crippen MR) is 62.4 cm³/mol. The topological polar surface area (TPSA) is 42.4 Å². The second kappa shape index (κ2) is 5.62. The van der Waals surface area contributed by atoms with Gasteiger partial charge in [0.25, 0.3) is 0 Å². The van der Waals surface area contributed by atoms with Crippen molar-refractivity contribution in [2.45, 2.75) is 25.4 Å². The standard InChI is InChI=1S/C12H16ClNO2/c13-12-8-10(1-4-14-12)11(15)7-9-2-5-16-6-3-9/h1,4,8-9,11,15H,2-3,5-7H2. The summed E-state index contributed by atoms with van der Waals surface area (Å²) >= 11 is 5.79. The van der Waals surface area contributed by atoms with Crippen LogP contribution in [-0.2, 0) is 4.74 Å². The zero-order chi connectivity index (χ0) is 11.4. The van der Waals surface area contributed by atoms with Crippen LogP contribution < -0.4 is 0 Å². The molecule has 1 aliphatic rings. The zero-order valence-electron chi connectivity index (χ0n) is 9.10. The van der Waals surface area contributed by atoms with Crippen LogP contribution in [0.3, 0.4) is 0 Å². The third kappa shape index (κ3) is 3.17. The van der Waals surface area contributed by atoms with E-state index in [1.165, 1.54) is 0 Å². The van der Waals surface area contributed by atoms with Gasteiger partial charge < -0.3 is 9.84 Å². The second-order valence-electron chi connectivity index (χ2n) is 4.22. The van der Waals surface area contributed by atoms with E-state index in [-0.39, 0.29) is 0 Å². The Morgan fingerprint density at radius 2 is 2.25 bits per heavy atom. The number of aliphatic hydroxyl groups is 1. The molecule has 16 heavy (non-hydrogen) atoms. The van der Waals surface area contributed by atoms with Gasteiger partial charge in [0.05, 0.1) is 6.10 Å². The fourth-order valence-corrected chi connectivity index (χ4v) is 2.24. The van der Waals surface area contributed by atoms with Gasteiger partial charge in [-0.05, 0) is 42.9 Å². The zero-order valence-corrected chi connectivity index (χ0v) is 9.86. The van der Waals surface area contributed by atoms with Gasteiger partial charge in [-0.25, -0.2) is 4.98 Å². The first-order valence-corrected chi connectivity index (χ1v) is 6.01. The van der Waals surface area contributed by atoms with E-state index in [4.69, 9.17) is 16.3 Å². The molecule has 1 aliphatic heterocycles. The van der Waals surface area contributed by atoms with E-state index >= 15 is 0 Å². The van der Waals surface area contributed by atoms with Crippen LogP contribution in [0.2, 0.25) is 5.15 Å². The van der Waals surface area contributed by atoms with Crippen molar-refractivity contribution < 1.29 is 9.84 Å². The Hall–Kier alpha value is -0.640. The van der Waals surface area contributed by atoms with Crippen molar-refractivity contribution in [3.05, 3.63) is 29.0 Å². The molecule has 0 saturated carbocycles. The van der Waals surface area contributed by atoms with Gasteiger partial charge in [-0.15, -0.1) is 0 Å². The summed E-state index contributed by atoms with van der Waals surface area (Å²) in [6.07, 6.45) is 4.05. The van der Waals surface area contributed by atoms with Gasteiger partial charge in [0.15, 0.2) is 0 Å². The summed E-state index contributed by atoms with van der Waals surface area (Å²) in [5.74, 6) is 0.552. The molecule has 88 valence electrons. The summed E-state index contributed by atoms with van der Waals surface area (Å²) in [5.41, 5.74) is 0.853. The Balaban J connectivity index is 1.94. The molecular weight excluding hydrogens is 226 g/mol. The van der Waals surface area contributed by atoms with E-state index in [0.29, 0.717) is 11.1 Å². The average Bonchev–Trinajstić information content (AvgIpc) is 2.30. The summed E-state index contributed by atoms with van der Waals surface area (Å²) in [6, 6.07) is 3.54. The monoisotopic (exact) mass is 241 g/mol. The molecule has 0 radical (unpaired) electrons. The number of aromatic nitrogens is 1. The van der Waals surface area contributed by atoms with E-state index < -0.39 is 6.10 Å². The lowest BCUT2D eigenvalue weighted by Crippen LogP contribution is -2.18. The molecule has 1 saturated heterocycles. The Bertz CT molecular complexity index is 340. The number of hydrogen-bond acceptors (Lipinski definition) is 3. The number of pyridine rings is 1. The summed E-state index contributed by atoms with van der Waals surface area (Å²) in [6.45, 7) is 1.63. The number of nitrogens with zero attached hydrogens (tertiary/aromatic N) is 1. The molecule has 0 aromatic carbocycles. The van der Waals surface area contributed by atoms with Gasteiger partial charge in [-0.3, -0.25) is 0 Å². The number of aliphatic hydroxyl groups excluding tert-OH is 1. The molecule has 2 heterocycles. The van der Waals surface area contributed by atoms with Crippen molar-refractivity contribution in [1.82, 2.24) is 4.98 Å². The molecule has 1 aromatic heterocycles. The Kier molecular flexibility index (Phi) is 4.16. The maximum Gasteiger partial charge on any atom is 0.129 e. The maximum absolute atomic E-state index is 10.1. The van der Waals surface area contributed by atoms with Crippen LogP contribution in [0.25, 0.3) is 0 Å². The van der Waals surface area contributed by atoms with Crippen molar-refractivity contribution in [3.8, 4) is 0 Å². The molecule has 0 spiro atoms. The highest BCUT2D eigenvalue weighted by atomic mass is 35.5. The first-order valence-electron chi connectivity index (χ1n) is 5.63. The third-order valence-electron chi connectivity index (χ3n) is 3.03. The molecule has 1 aromatic rings. The minimum absolute atomic E-state index is 0.434. The Morgan fingerprint density at radius 1 is 1.50 bits per heavy atom. The van der Waals surface area contributed by atoms with Crippen molar-refractivity contribution in [2.24, 2.45) is 5.92 Å². The number of halogens is 1. The van der Waals surface area contributed by atoms with Gasteiger partial charge >= 0.3 is 0 Å². The smallest absolute Gasteiger partial charge is 0.129 e. The van der Waals surface area contributed by atoms with Gasteiger partial charge in [-0.2, -0.15) is 0 Å². The van der Waals surface area contributed by atoms with Crippen molar-refractivity contribution >= 4 is 11.6 Å². The average molecular weight is 242 g/mol. The molecular formula is C12H16ClNO2.